The first-order valence-electron chi connectivity index (χ1n) is 6.40. The van der Waals surface area contributed by atoms with Crippen LogP contribution in [0.15, 0.2) is 42.5 Å². The molecule has 4 heteroatoms. The summed E-state index contributed by atoms with van der Waals surface area (Å²) in [5, 5.41) is 9.68. The van der Waals surface area contributed by atoms with Crippen LogP contribution in [0.3, 0.4) is 0 Å². The summed E-state index contributed by atoms with van der Waals surface area (Å²) in [5.74, 6) is -0.340. The van der Waals surface area contributed by atoms with E-state index < -0.39 is 0 Å². The van der Waals surface area contributed by atoms with Crippen LogP contribution in [0.4, 0.5) is 10.1 Å². The lowest BCUT2D eigenvalue weighted by atomic mass is 10.1. The number of halogens is 2. The van der Waals surface area contributed by atoms with E-state index in [1.807, 2.05) is 43.1 Å². The lowest BCUT2D eigenvalue weighted by molar-refractivity contribution is 0.281. The zero-order valence-corrected chi connectivity index (χ0v) is 12.2. The maximum absolute atomic E-state index is 14.1. The van der Waals surface area contributed by atoms with Crippen molar-refractivity contribution >= 4 is 17.3 Å². The highest BCUT2D eigenvalue weighted by atomic mass is 35.5. The van der Waals surface area contributed by atoms with Crippen LogP contribution in [0.25, 0.3) is 0 Å². The van der Waals surface area contributed by atoms with E-state index >= 15 is 0 Å². The molecule has 0 aliphatic rings. The highest BCUT2D eigenvalue weighted by Crippen LogP contribution is 2.29. The van der Waals surface area contributed by atoms with E-state index in [1.54, 1.807) is 12.1 Å². The van der Waals surface area contributed by atoms with E-state index in [9.17, 15) is 4.39 Å². The molecule has 106 valence electrons. The predicted molar refractivity (Wildman–Crippen MR) is 80.6 cm³/mol. The summed E-state index contributed by atoms with van der Waals surface area (Å²) < 4.78 is 14.1. The Balaban J connectivity index is 2.28. The minimum absolute atomic E-state index is 0.0109. The van der Waals surface area contributed by atoms with Crippen molar-refractivity contribution in [1.29, 1.82) is 0 Å². The Morgan fingerprint density at radius 2 is 2.00 bits per heavy atom. The molecule has 2 rings (SSSR count). The summed E-state index contributed by atoms with van der Waals surface area (Å²) in [6.07, 6.45) is 0. The molecule has 0 spiro atoms. The number of anilines is 1. The molecule has 2 nitrogen and oxygen atoms in total. The van der Waals surface area contributed by atoms with Crippen LogP contribution in [0, 0.1) is 5.82 Å². The molecule has 0 bridgehead atoms. The molecular weight excluding hydrogens is 277 g/mol. The number of hydrogen-bond donors (Lipinski definition) is 1. The largest absolute Gasteiger partial charge is 0.392 e. The summed E-state index contributed by atoms with van der Waals surface area (Å²) in [7, 11) is 1.84. The molecule has 0 fully saturated rings. The van der Waals surface area contributed by atoms with E-state index in [4.69, 9.17) is 16.7 Å². The second-order valence-corrected chi connectivity index (χ2v) is 5.22. The number of hydrogen-bond acceptors (Lipinski definition) is 2. The molecule has 0 radical (unpaired) electrons. The molecule has 0 saturated heterocycles. The lowest BCUT2D eigenvalue weighted by Gasteiger charge is -2.28. The van der Waals surface area contributed by atoms with Gasteiger partial charge in [0.1, 0.15) is 5.82 Å². The first kappa shape index (κ1) is 14.8. The minimum Gasteiger partial charge on any atom is -0.392 e. The maximum Gasteiger partial charge on any atom is 0.146 e. The molecule has 1 atom stereocenters. The Hall–Kier alpha value is -1.58. The molecule has 0 saturated carbocycles. The molecule has 0 heterocycles. The Bertz CT molecular complexity index is 603. The van der Waals surface area contributed by atoms with Crippen LogP contribution >= 0.6 is 11.6 Å². The van der Waals surface area contributed by atoms with Crippen molar-refractivity contribution in [1.82, 2.24) is 0 Å². The van der Waals surface area contributed by atoms with Crippen molar-refractivity contribution in [2.24, 2.45) is 0 Å². The second-order valence-electron chi connectivity index (χ2n) is 4.79. The van der Waals surface area contributed by atoms with Crippen molar-refractivity contribution in [2.75, 3.05) is 11.9 Å². The quantitative estimate of drug-likeness (QED) is 0.914. The van der Waals surface area contributed by atoms with Gasteiger partial charge in [-0.15, -0.1) is 0 Å². The predicted octanol–water partition coefficient (Wildman–Crippen LogP) is 4.17. The standard InChI is InChI=1S/C16H17ClFNO/c1-11(13-4-3-5-14(17)9-13)19(2)16-7-6-12(10-20)8-15(16)18/h3-9,11,20H,10H2,1-2H3. The molecule has 0 aromatic heterocycles. The van der Waals surface area contributed by atoms with Crippen LogP contribution < -0.4 is 4.90 Å². The van der Waals surface area contributed by atoms with Crippen LogP contribution in [-0.4, -0.2) is 12.2 Å². The van der Waals surface area contributed by atoms with E-state index in [0.717, 1.165) is 5.56 Å². The van der Waals surface area contributed by atoms with Gasteiger partial charge in [0.05, 0.1) is 18.3 Å². The first-order valence-corrected chi connectivity index (χ1v) is 6.78. The molecular formula is C16H17ClFNO. The van der Waals surface area contributed by atoms with Gasteiger partial charge in [0.15, 0.2) is 0 Å². The second kappa shape index (κ2) is 6.25. The van der Waals surface area contributed by atoms with Crippen LogP contribution in [-0.2, 0) is 6.61 Å². The topological polar surface area (TPSA) is 23.5 Å². The van der Waals surface area contributed by atoms with Crippen molar-refractivity contribution in [2.45, 2.75) is 19.6 Å². The molecule has 1 unspecified atom stereocenters. The zero-order valence-electron chi connectivity index (χ0n) is 11.5. The lowest BCUT2D eigenvalue weighted by Crippen LogP contribution is -2.22. The van der Waals surface area contributed by atoms with Gasteiger partial charge in [0.25, 0.3) is 0 Å². The Morgan fingerprint density at radius 1 is 1.25 bits per heavy atom. The number of nitrogens with zero attached hydrogens (tertiary/aromatic N) is 1. The molecule has 1 N–H and O–H groups in total. The van der Waals surface area contributed by atoms with Gasteiger partial charge in [0.2, 0.25) is 0 Å². The molecule has 20 heavy (non-hydrogen) atoms. The van der Waals surface area contributed by atoms with E-state index in [-0.39, 0.29) is 18.5 Å². The number of benzene rings is 2. The third-order valence-corrected chi connectivity index (χ3v) is 3.72. The summed E-state index contributed by atoms with van der Waals surface area (Å²) in [6.45, 7) is 1.83. The molecule has 2 aromatic rings. The molecule has 0 aliphatic carbocycles. The molecule has 0 amide bonds. The average molecular weight is 294 g/mol. The first-order chi connectivity index (χ1) is 9.52. The van der Waals surface area contributed by atoms with Crippen molar-refractivity contribution in [3.8, 4) is 0 Å². The van der Waals surface area contributed by atoms with Gasteiger partial charge < -0.3 is 10.0 Å². The minimum atomic E-state index is -0.340. The zero-order chi connectivity index (χ0) is 14.7. The van der Waals surface area contributed by atoms with Gasteiger partial charge >= 0.3 is 0 Å². The van der Waals surface area contributed by atoms with E-state index in [0.29, 0.717) is 16.3 Å². The van der Waals surface area contributed by atoms with Gasteiger partial charge in [-0.2, -0.15) is 0 Å². The van der Waals surface area contributed by atoms with Crippen molar-refractivity contribution in [3.05, 3.63) is 64.4 Å². The number of aliphatic hydroxyl groups excluding tert-OH is 1. The summed E-state index contributed by atoms with van der Waals surface area (Å²) >= 11 is 5.99. The Kier molecular flexibility index (Phi) is 4.63. The van der Waals surface area contributed by atoms with E-state index in [1.165, 1.54) is 6.07 Å². The fourth-order valence-electron chi connectivity index (χ4n) is 2.13. The van der Waals surface area contributed by atoms with Crippen LogP contribution in [0.5, 0.6) is 0 Å². The van der Waals surface area contributed by atoms with Gasteiger partial charge in [-0.1, -0.05) is 29.8 Å². The van der Waals surface area contributed by atoms with Crippen LogP contribution in [0.1, 0.15) is 24.1 Å². The van der Waals surface area contributed by atoms with Gasteiger partial charge in [-0.3, -0.25) is 0 Å². The monoisotopic (exact) mass is 293 g/mol. The van der Waals surface area contributed by atoms with Crippen molar-refractivity contribution in [3.63, 3.8) is 0 Å². The molecule has 2 aromatic carbocycles. The summed E-state index contributed by atoms with van der Waals surface area (Å²) in [5.41, 5.74) is 2.08. The third-order valence-electron chi connectivity index (χ3n) is 3.49. The Labute approximate surface area is 123 Å². The summed E-state index contributed by atoms with van der Waals surface area (Å²) in [4.78, 5) is 1.85. The highest BCUT2D eigenvalue weighted by Gasteiger charge is 2.16. The summed E-state index contributed by atoms with van der Waals surface area (Å²) in [6, 6.07) is 12.3. The van der Waals surface area contributed by atoms with E-state index in [2.05, 4.69) is 0 Å². The smallest absolute Gasteiger partial charge is 0.146 e. The third kappa shape index (κ3) is 3.11. The van der Waals surface area contributed by atoms with Gasteiger partial charge in [0, 0.05) is 12.1 Å². The number of aliphatic hydroxyl groups is 1. The maximum atomic E-state index is 14.1. The highest BCUT2D eigenvalue weighted by molar-refractivity contribution is 6.30. The number of rotatable bonds is 4. The SMILES string of the molecule is CC(c1cccc(Cl)c1)N(C)c1ccc(CO)cc1F. The average Bonchev–Trinajstić information content (AvgIpc) is 2.45. The Morgan fingerprint density at radius 3 is 2.60 bits per heavy atom. The normalized spacial score (nSPS) is 12.2. The van der Waals surface area contributed by atoms with Crippen molar-refractivity contribution < 1.29 is 9.50 Å². The van der Waals surface area contributed by atoms with Gasteiger partial charge in [-0.05, 0) is 42.3 Å². The fraction of sp³-hybridized carbons (Fsp3) is 0.250. The fourth-order valence-corrected chi connectivity index (χ4v) is 2.33. The van der Waals surface area contributed by atoms with Gasteiger partial charge in [-0.25, -0.2) is 4.39 Å². The molecule has 0 aliphatic heterocycles. The van der Waals surface area contributed by atoms with Crippen LogP contribution in [0.2, 0.25) is 5.02 Å².